The molecule has 0 saturated carbocycles. The Balaban J connectivity index is 1.40. The molecule has 8 aromatic rings. The van der Waals surface area contributed by atoms with Crippen LogP contribution >= 0.6 is 0 Å². The average molecular weight is 831 g/mol. The minimum absolute atomic E-state index is 0.0281. The summed E-state index contributed by atoms with van der Waals surface area (Å²) < 4.78 is 10.8. The van der Waals surface area contributed by atoms with Gasteiger partial charge in [-0.05, 0) is 134 Å². The Morgan fingerprint density at radius 1 is 0.603 bits per heavy atom. The van der Waals surface area contributed by atoms with E-state index in [9.17, 15) is 5.11 Å². The lowest BCUT2D eigenvalue weighted by Crippen LogP contribution is -2.16. The van der Waals surface area contributed by atoms with Gasteiger partial charge in [-0.3, -0.25) is 9.55 Å². The van der Waals surface area contributed by atoms with Crippen LogP contribution in [0, 0.1) is 6.92 Å². The second-order valence-corrected chi connectivity index (χ2v) is 20.3. The molecule has 4 nitrogen and oxygen atoms in total. The fourth-order valence-electron chi connectivity index (χ4n) is 8.47. The Labute approximate surface area is 377 Å². The van der Waals surface area contributed by atoms with Crippen molar-refractivity contribution in [1.82, 2.24) is 14.5 Å². The van der Waals surface area contributed by atoms with Crippen molar-refractivity contribution >= 4 is 11.0 Å². The molecule has 6 aromatic carbocycles. The van der Waals surface area contributed by atoms with Crippen molar-refractivity contribution in [3.63, 3.8) is 0 Å². The smallest absolute Gasteiger partial charge is 0.149 e. The summed E-state index contributed by atoms with van der Waals surface area (Å²) in [7, 11) is 0. The van der Waals surface area contributed by atoms with E-state index in [2.05, 4.69) is 200 Å². The Morgan fingerprint density at radius 3 is 1.94 bits per heavy atom. The monoisotopic (exact) mass is 831 g/mol. The van der Waals surface area contributed by atoms with Crippen LogP contribution in [0.25, 0.3) is 72.7 Å². The number of aromatic nitrogens is 3. The summed E-state index contributed by atoms with van der Waals surface area (Å²) in [5.41, 5.74) is 16.9. The largest absolute Gasteiger partial charge is 0.507 e. The number of pyridine rings is 1. The highest BCUT2D eigenvalue weighted by Crippen LogP contribution is 2.44. The molecule has 0 unspecified atom stereocenters. The molecule has 2 heterocycles. The Kier molecular flexibility index (Phi) is 11.0. The van der Waals surface area contributed by atoms with Crippen LogP contribution < -0.4 is 0 Å². The van der Waals surface area contributed by atoms with Crippen LogP contribution in [-0.2, 0) is 16.2 Å². The van der Waals surface area contributed by atoms with Gasteiger partial charge < -0.3 is 5.11 Å². The number of phenolic OH excluding ortho intramolecular Hbond substituents is 1. The highest BCUT2D eigenvalue weighted by Gasteiger charge is 2.27. The van der Waals surface area contributed by atoms with Crippen molar-refractivity contribution in [2.24, 2.45) is 0 Å². The fourth-order valence-corrected chi connectivity index (χ4v) is 8.47. The van der Waals surface area contributed by atoms with Crippen LogP contribution in [0.5, 0.6) is 5.75 Å². The number of nitrogens with zero attached hydrogens (tertiary/aromatic N) is 3. The first-order chi connectivity index (χ1) is 30.1. The summed E-state index contributed by atoms with van der Waals surface area (Å²) in [5, 5.41) is 12.1. The SMILES string of the molecule is [2H]C(C)(C)c1ccc(-c2ccnc(-c3cc(-c4cccc5c4nc(-c4cc(C(C)(C)C)cc(C)c4O)n5-c4ccc(C(C)(C)CC)cc4-c4ccccc4)cc(C(C)(C)C)c3)c2)cc1. The number of aryl methyl sites for hydroxylation is 1. The fraction of sp³-hybridized carbons (Fsp3) is 0.288. The maximum atomic E-state index is 12.1. The maximum Gasteiger partial charge on any atom is 0.149 e. The number of hydrogen-bond acceptors (Lipinski definition) is 3. The predicted octanol–water partition coefficient (Wildman–Crippen LogP) is 16.2. The summed E-state index contributed by atoms with van der Waals surface area (Å²) in [5.74, 6) is 0.258. The molecule has 1 N–H and O–H groups in total. The second kappa shape index (κ2) is 16.5. The molecular formula is C59H63N3O. The van der Waals surface area contributed by atoms with Crippen LogP contribution in [0.15, 0.2) is 140 Å². The lowest BCUT2D eigenvalue weighted by molar-refractivity contribution is 0.471. The van der Waals surface area contributed by atoms with Gasteiger partial charge in [-0.25, -0.2) is 4.98 Å². The number of imidazole rings is 1. The van der Waals surface area contributed by atoms with Gasteiger partial charge in [0, 0.05) is 24.3 Å². The number of phenols is 1. The van der Waals surface area contributed by atoms with E-state index >= 15 is 0 Å². The molecule has 0 aliphatic heterocycles. The van der Waals surface area contributed by atoms with E-state index in [1.807, 2.05) is 27.0 Å². The van der Waals surface area contributed by atoms with Crippen LogP contribution in [0.4, 0.5) is 0 Å². The second-order valence-electron chi connectivity index (χ2n) is 20.3. The molecule has 0 bridgehead atoms. The van der Waals surface area contributed by atoms with Crippen molar-refractivity contribution in [3.8, 4) is 67.5 Å². The van der Waals surface area contributed by atoms with Crippen molar-refractivity contribution in [2.75, 3.05) is 0 Å². The molecule has 63 heavy (non-hydrogen) atoms. The minimum atomic E-state index is -0.665. The Hall–Kier alpha value is -6.26. The molecule has 0 atom stereocenters. The molecule has 0 saturated heterocycles. The predicted molar refractivity (Wildman–Crippen MR) is 267 cm³/mol. The molecule has 8 rings (SSSR count). The van der Waals surface area contributed by atoms with E-state index in [4.69, 9.17) is 11.3 Å². The lowest BCUT2D eigenvalue weighted by atomic mass is 9.81. The highest BCUT2D eigenvalue weighted by atomic mass is 16.3. The first kappa shape index (κ1) is 42.1. The minimum Gasteiger partial charge on any atom is -0.507 e. The summed E-state index contributed by atoms with van der Waals surface area (Å²) in [6.07, 6.45) is 2.89. The topological polar surface area (TPSA) is 50.9 Å². The first-order valence-electron chi connectivity index (χ1n) is 22.9. The van der Waals surface area contributed by atoms with Crippen LogP contribution in [-0.4, -0.2) is 19.6 Å². The standard InChI is InChI=1S/C59H63N3O/c1-13-59(11,12)45-26-27-52(49(35-45)41-18-15-14-16-19-41)62-53-21-17-20-48(54(53)61-56(62)50-36-46(57(5,6)7)30-38(4)55(50)63)43-31-44(33-47(32-43)58(8,9)10)51-34-42(28-29-60-51)40-24-22-39(23-25-40)37(2)3/h14-37,63H,13H2,1-12H3/i37D. The quantitative estimate of drug-likeness (QED) is 0.158. The number of hydrogen-bond donors (Lipinski definition) is 1. The molecule has 0 aliphatic rings. The third-order valence-corrected chi connectivity index (χ3v) is 13.0. The zero-order valence-electron chi connectivity index (χ0n) is 40.3. The molecule has 2 aromatic heterocycles. The van der Waals surface area contributed by atoms with E-state index in [1.54, 1.807) is 0 Å². The van der Waals surface area contributed by atoms with Gasteiger partial charge in [-0.1, -0.05) is 161 Å². The summed E-state index contributed by atoms with van der Waals surface area (Å²) in [6, 6.07) is 47.6. The van der Waals surface area contributed by atoms with Gasteiger partial charge in [0.15, 0.2) is 0 Å². The molecule has 0 fully saturated rings. The molecule has 0 aliphatic carbocycles. The van der Waals surface area contributed by atoms with Gasteiger partial charge in [-0.15, -0.1) is 0 Å². The summed E-state index contributed by atoms with van der Waals surface area (Å²) in [6.45, 7) is 26.1. The number of fused-ring (bicyclic) bond motifs is 1. The van der Waals surface area contributed by atoms with Gasteiger partial charge in [0.2, 0.25) is 0 Å². The van der Waals surface area contributed by atoms with E-state index in [0.717, 1.165) is 84.5 Å². The maximum absolute atomic E-state index is 12.1. The molecule has 0 amide bonds. The number of para-hydroxylation sites is 1. The van der Waals surface area contributed by atoms with E-state index < -0.39 is 5.89 Å². The zero-order valence-corrected chi connectivity index (χ0v) is 39.3. The molecule has 0 spiro atoms. The van der Waals surface area contributed by atoms with Crippen LogP contribution in [0.3, 0.4) is 0 Å². The molecule has 0 radical (unpaired) electrons. The van der Waals surface area contributed by atoms with Crippen molar-refractivity contribution in [2.45, 2.75) is 112 Å². The Bertz CT molecular complexity index is 3010. The van der Waals surface area contributed by atoms with Gasteiger partial charge in [0.1, 0.15) is 11.6 Å². The molecule has 4 heteroatoms. The van der Waals surface area contributed by atoms with Crippen LogP contribution in [0.1, 0.15) is 118 Å². The Morgan fingerprint density at radius 2 is 1.27 bits per heavy atom. The van der Waals surface area contributed by atoms with Crippen molar-refractivity contribution in [1.29, 1.82) is 0 Å². The van der Waals surface area contributed by atoms with E-state index in [0.29, 0.717) is 11.4 Å². The third kappa shape index (κ3) is 8.48. The highest BCUT2D eigenvalue weighted by molar-refractivity contribution is 5.98. The van der Waals surface area contributed by atoms with Gasteiger partial charge >= 0.3 is 0 Å². The normalized spacial score (nSPS) is 12.8. The van der Waals surface area contributed by atoms with E-state index in [1.165, 1.54) is 11.1 Å². The number of rotatable bonds is 9. The third-order valence-electron chi connectivity index (χ3n) is 13.0. The van der Waals surface area contributed by atoms with E-state index in [-0.39, 0.29) is 22.0 Å². The lowest BCUT2D eigenvalue weighted by Gasteiger charge is -2.26. The number of benzene rings is 6. The molecule has 320 valence electrons. The van der Waals surface area contributed by atoms with Gasteiger partial charge in [0.05, 0.1) is 28.0 Å². The van der Waals surface area contributed by atoms with Crippen molar-refractivity contribution < 1.29 is 6.48 Å². The average Bonchev–Trinajstić information content (AvgIpc) is 3.65. The van der Waals surface area contributed by atoms with Gasteiger partial charge in [-0.2, -0.15) is 0 Å². The van der Waals surface area contributed by atoms with Crippen LogP contribution in [0.2, 0.25) is 0 Å². The summed E-state index contributed by atoms with van der Waals surface area (Å²) in [4.78, 5) is 10.6. The zero-order chi connectivity index (χ0) is 45.9. The summed E-state index contributed by atoms with van der Waals surface area (Å²) >= 11 is 0. The van der Waals surface area contributed by atoms with Crippen molar-refractivity contribution in [3.05, 3.63) is 167 Å². The first-order valence-corrected chi connectivity index (χ1v) is 22.4. The molecular weight excluding hydrogens is 767 g/mol. The number of aromatic hydroxyl groups is 1. The van der Waals surface area contributed by atoms with Gasteiger partial charge in [0.25, 0.3) is 0 Å².